The van der Waals surface area contributed by atoms with Crippen LogP contribution in [-0.2, 0) is 11.0 Å². The molecule has 0 aliphatic heterocycles. The van der Waals surface area contributed by atoms with E-state index in [4.69, 9.17) is 23.2 Å². The Morgan fingerprint density at radius 2 is 1.75 bits per heavy atom. The molecule has 0 atom stereocenters. The van der Waals surface area contributed by atoms with E-state index in [0.29, 0.717) is 0 Å². The van der Waals surface area contributed by atoms with Crippen molar-refractivity contribution in [3.8, 4) is 0 Å². The number of rotatable bonds is 4. The molecule has 0 aromatic heterocycles. The molecule has 1 amide bonds. The van der Waals surface area contributed by atoms with Gasteiger partial charge in [-0.05, 0) is 36.4 Å². The van der Waals surface area contributed by atoms with E-state index in [-0.39, 0.29) is 22.9 Å². The molecule has 2 rings (SSSR count). The van der Waals surface area contributed by atoms with Crippen molar-refractivity contribution < 1.29 is 22.4 Å². The Morgan fingerprint density at radius 3 is 2.38 bits per heavy atom. The summed E-state index contributed by atoms with van der Waals surface area (Å²) in [4.78, 5) is 11.8. The molecule has 2 aromatic carbocycles. The second kappa shape index (κ2) is 7.27. The number of carbonyl (C=O) groups excluding carboxylic acids is 1. The number of hydrogen-bond acceptors (Lipinski definition) is 2. The van der Waals surface area contributed by atoms with Gasteiger partial charge < -0.3 is 10.6 Å². The zero-order valence-electron chi connectivity index (χ0n) is 11.8. The van der Waals surface area contributed by atoms with E-state index < -0.39 is 28.5 Å². The second-order valence-corrected chi connectivity index (χ2v) is 5.53. The number of benzene rings is 2. The molecule has 0 bridgehead atoms. The standard InChI is InChI=1S/C15H10Cl2F4N2O/c16-11-3-2-9(6-10(11)15(19,20)21)22-7-14(24)23-13-4-1-8(18)5-12(13)17/h1-6,22H,7H2,(H,23,24). The summed E-state index contributed by atoms with van der Waals surface area (Å²) in [7, 11) is 0. The lowest BCUT2D eigenvalue weighted by Gasteiger charge is -2.12. The maximum atomic E-state index is 12.9. The number of amides is 1. The minimum Gasteiger partial charge on any atom is -0.376 e. The number of carbonyl (C=O) groups is 1. The van der Waals surface area contributed by atoms with Crippen LogP contribution in [0.1, 0.15) is 5.56 Å². The van der Waals surface area contributed by atoms with Crippen molar-refractivity contribution in [2.24, 2.45) is 0 Å². The summed E-state index contributed by atoms with van der Waals surface area (Å²) in [5.41, 5.74) is -0.736. The van der Waals surface area contributed by atoms with Crippen LogP contribution in [0.25, 0.3) is 0 Å². The van der Waals surface area contributed by atoms with E-state index in [1.165, 1.54) is 12.1 Å². The van der Waals surface area contributed by atoms with Gasteiger partial charge in [-0.3, -0.25) is 4.79 Å². The van der Waals surface area contributed by atoms with Gasteiger partial charge >= 0.3 is 6.18 Å². The van der Waals surface area contributed by atoms with Crippen molar-refractivity contribution in [3.63, 3.8) is 0 Å². The minimum absolute atomic E-state index is 0.00852. The predicted octanol–water partition coefficient (Wildman–Crippen LogP) is 5.20. The Morgan fingerprint density at radius 1 is 1.04 bits per heavy atom. The monoisotopic (exact) mass is 380 g/mol. The fourth-order valence-corrected chi connectivity index (χ4v) is 2.26. The highest BCUT2D eigenvalue weighted by Crippen LogP contribution is 2.36. The number of nitrogens with one attached hydrogen (secondary N) is 2. The molecule has 0 radical (unpaired) electrons. The third-order valence-electron chi connectivity index (χ3n) is 2.93. The SMILES string of the molecule is O=C(CNc1ccc(Cl)c(C(F)(F)F)c1)Nc1ccc(F)cc1Cl. The molecular weight excluding hydrogens is 371 g/mol. The maximum Gasteiger partial charge on any atom is 0.417 e. The van der Waals surface area contributed by atoms with Crippen LogP contribution < -0.4 is 10.6 Å². The van der Waals surface area contributed by atoms with Crippen molar-refractivity contribution in [1.82, 2.24) is 0 Å². The minimum atomic E-state index is -4.60. The first kappa shape index (κ1) is 18.4. The highest BCUT2D eigenvalue weighted by atomic mass is 35.5. The summed E-state index contributed by atoms with van der Waals surface area (Å²) >= 11 is 11.3. The molecule has 9 heteroatoms. The lowest BCUT2D eigenvalue weighted by atomic mass is 10.2. The number of anilines is 2. The van der Waals surface area contributed by atoms with Gasteiger partial charge in [0.2, 0.25) is 5.91 Å². The van der Waals surface area contributed by atoms with Crippen molar-refractivity contribution in [2.75, 3.05) is 17.2 Å². The molecule has 128 valence electrons. The summed E-state index contributed by atoms with van der Waals surface area (Å²) in [5.74, 6) is -1.12. The van der Waals surface area contributed by atoms with Gasteiger partial charge in [0, 0.05) is 5.69 Å². The Balaban J connectivity index is 2.01. The molecule has 2 N–H and O–H groups in total. The highest BCUT2D eigenvalue weighted by molar-refractivity contribution is 6.33. The Bertz CT molecular complexity index is 766. The van der Waals surface area contributed by atoms with Crippen molar-refractivity contribution in [2.45, 2.75) is 6.18 Å². The smallest absolute Gasteiger partial charge is 0.376 e. The van der Waals surface area contributed by atoms with Crippen molar-refractivity contribution in [1.29, 1.82) is 0 Å². The predicted molar refractivity (Wildman–Crippen MR) is 85.0 cm³/mol. The van der Waals surface area contributed by atoms with Crippen LogP contribution in [0.15, 0.2) is 36.4 Å². The molecule has 0 fully saturated rings. The van der Waals surface area contributed by atoms with Crippen LogP contribution >= 0.6 is 23.2 Å². The first-order valence-corrected chi connectivity index (χ1v) is 7.28. The van der Waals surface area contributed by atoms with E-state index >= 15 is 0 Å². The van der Waals surface area contributed by atoms with E-state index in [1.807, 2.05) is 0 Å². The van der Waals surface area contributed by atoms with Crippen molar-refractivity contribution in [3.05, 3.63) is 57.8 Å². The Kier molecular flexibility index (Phi) is 5.56. The molecular formula is C15H10Cl2F4N2O. The van der Waals surface area contributed by atoms with Crippen LogP contribution in [0.3, 0.4) is 0 Å². The zero-order chi connectivity index (χ0) is 17.9. The molecule has 0 unspecified atom stereocenters. The molecule has 2 aromatic rings. The highest BCUT2D eigenvalue weighted by Gasteiger charge is 2.33. The fraction of sp³-hybridized carbons (Fsp3) is 0.133. The van der Waals surface area contributed by atoms with Crippen LogP contribution in [-0.4, -0.2) is 12.5 Å². The van der Waals surface area contributed by atoms with Gasteiger partial charge in [-0.2, -0.15) is 13.2 Å². The first-order chi connectivity index (χ1) is 11.2. The molecule has 3 nitrogen and oxygen atoms in total. The number of hydrogen-bond donors (Lipinski definition) is 2. The quantitative estimate of drug-likeness (QED) is 0.715. The first-order valence-electron chi connectivity index (χ1n) is 6.52. The molecule has 0 saturated heterocycles. The van der Waals surface area contributed by atoms with E-state index in [0.717, 1.165) is 24.3 Å². The van der Waals surface area contributed by atoms with Gasteiger partial charge in [0.1, 0.15) is 5.82 Å². The molecule has 0 heterocycles. The lowest BCUT2D eigenvalue weighted by molar-refractivity contribution is -0.137. The van der Waals surface area contributed by atoms with Crippen LogP contribution in [0, 0.1) is 5.82 Å². The van der Waals surface area contributed by atoms with E-state index in [9.17, 15) is 22.4 Å². The fourth-order valence-electron chi connectivity index (χ4n) is 1.82. The summed E-state index contributed by atoms with van der Waals surface area (Å²) < 4.78 is 51.2. The third kappa shape index (κ3) is 4.75. The molecule has 0 aliphatic carbocycles. The van der Waals surface area contributed by atoms with Gasteiger partial charge in [-0.25, -0.2) is 4.39 Å². The molecule has 0 spiro atoms. The summed E-state index contributed by atoms with van der Waals surface area (Å²) in [6.07, 6.45) is -4.60. The summed E-state index contributed by atoms with van der Waals surface area (Å²) in [6, 6.07) is 6.63. The molecule has 0 aliphatic rings. The molecule has 24 heavy (non-hydrogen) atoms. The topological polar surface area (TPSA) is 41.1 Å². The normalized spacial score (nSPS) is 11.2. The number of alkyl halides is 3. The van der Waals surface area contributed by atoms with Gasteiger partial charge in [0.05, 0.1) is 27.8 Å². The summed E-state index contributed by atoms with van der Waals surface area (Å²) in [5, 5.41) is 4.54. The van der Waals surface area contributed by atoms with Gasteiger partial charge in [-0.1, -0.05) is 23.2 Å². The third-order valence-corrected chi connectivity index (χ3v) is 3.57. The van der Waals surface area contributed by atoms with Crippen molar-refractivity contribution >= 4 is 40.5 Å². The Labute approximate surface area is 144 Å². The van der Waals surface area contributed by atoms with E-state index in [1.54, 1.807) is 0 Å². The van der Waals surface area contributed by atoms with Crippen LogP contribution in [0.4, 0.5) is 28.9 Å². The Hall–Kier alpha value is -1.99. The summed E-state index contributed by atoms with van der Waals surface area (Å²) in [6.45, 7) is -0.313. The van der Waals surface area contributed by atoms with Gasteiger partial charge in [-0.15, -0.1) is 0 Å². The largest absolute Gasteiger partial charge is 0.417 e. The van der Waals surface area contributed by atoms with Gasteiger partial charge in [0.15, 0.2) is 0 Å². The average molecular weight is 381 g/mol. The van der Waals surface area contributed by atoms with Crippen LogP contribution in [0.5, 0.6) is 0 Å². The zero-order valence-corrected chi connectivity index (χ0v) is 13.4. The molecule has 0 saturated carbocycles. The van der Waals surface area contributed by atoms with E-state index in [2.05, 4.69) is 10.6 Å². The lowest BCUT2D eigenvalue weighted by Crippen LogP contribution is -2.22. The van der Waals surface area contributed by atoms with Crippen LogP contribution in [0.2, 0.25) is 10.0 Å². The number of halogens is 6. The maximum absolute atomic E-state index is 12.9. The van der Waals surface area contributed by atoms with Gasteiger partial charge in [0.25, 0.3) is 0 Å². The second-order valence-electron chi connectivity index (χ2n) is 4.72. The average Bonchev–Trinajstić information content (AvgIpc) is 2.48.